The SMILES string of the molecule is CC(=O)C(C)OCCOc1ccccc1. The molecule has 0 bridgehead atoms. The molecule has 1 aromatic carbocycles. The van der Waals surface area contributed by atoms with E-state index in [-0.39, 0.29) is 11.9 Å². The highest BCUT2D eigenvalue weighted by Crippen LogP contribution is 2.07. The summed E-state index contributed by atoms with van der Waals surface area (Å²) in [5.41, 5.74) is 0. The van der Waals surface area contributed by atoms with Crippen molar-refractivity contribution in [1.82, 2.24) is 0 Å². The highest BCUT2D eigenvalue weighted by molar-refractivity contribution is 5.79. The summed E-state index contributed by atoms with van der Waals surface area (Å²) in [6.07, 6.45) is -0.343. The highest BCUT2D eigenvalue weighted by Gasteiger charge is 2.06. The number of rotatable bonds is 6. The summed E-state index contributed by atoms with van der Waals surface area (Å²) in [6.45, 7) is 4.14. The Bertz CT molecular complexity index is 295. The molecule has 0 aliphatic heterocycles. The summed E-state index contributed by atoms with van der Waals surface area (Å²) in [5, 5.41) is 0. The van der Waals surface area contributed by atoms with Crippen LogP contribution in [-0.2, 0) is 9.53 Å². The number of hydrogen-bond donors (Lipinski definition) is 0. The first-order valence-corrected chi connectivity index (χ1v) is 5.00. The molecule has 1 unspecified atom stereocenters. The van der Waals surface area contributed by atoms with Crippen molar-refractivity contribution in [3.05, 3.63) is 30.3 Å². The molecule has 0 N–H and O–H groups in total. The number of para-hydroxylation sites is 1. The minimum Gasteiger partial charge on any atom is -0.491 e. The molecule has 1 aromatic rings. The van der Waals surface area contributed by atoms with Crippen LogP contribution in [0.2, 0.25) is 0 Å². The standard InChI is InChI=1S/C12H16O3/c1-10(13)11(2)14-8-9-15-12-6-4-3-5-7-12/h3-7,11H,8-9H2,1-2H3. The van der Waals surface area contributed by atoms with Gasteiger partial charge in [0.1, 0.15) is 18.5 Å². The number of carbonyl (C=O) groups is 1. The van der Waals surface area contributed by atoms with Crippen LogP contribution in [0.3, 0.4) is 0 Å². The predicted octanol–water partition coefficient (Wildman–Crippen LogP) is 2.06. The lowest BCUT2D eigenvalue weighted by Crippen LogP contribution is -2.20. The van der Waals surface area contributed by atoms with Crippen molar-refractivity contribution in [3.8, 4) is 5.75 Å². The zero-order valence-electron chi connectivity index (χ0n) is 9.10. The lowest BCUT2D eigenvalue weighted by molar-refractivity contribution is -0.127. The van der Waals surface area contributed by atoms with Gasteiger partial charge in [0.2, 0.25) is 0 Å². The molecular weight excluding hydrogens is 192 g/mol. The van der Waals surface area contributed by atoms with Crippen molar-refractivity contribution in [2.75, 3.05) is 13.2 Å². The van der Waals surface area contributed by atoms with Crippen LogP contribution in [0.25, 0.3) is 0 Å². The van der Waals surface area contributed by atoms with Crippen LogP contribution < -0.4 is 4.74 Å². The minimum absolute atomic E-state index is 0.0368. The van der Waals surface area contributed by atoms with Crippen LogP contribution in [0, 0.1) is 0 Å². The Labute approximate surface area is 90.0 Å². The van der Waals surface area contributed by atoms with E-state index in [9.17, 15) is 4.79 Å². The molecule has 0 aliphatic carbocycles. The summed E-state index contributed by atoms with van der Waals surface area (Å²) in [6, 6.07) is 9.52. The Morgan fingerprint density at radius 3 is 2.53 bits per heavy atom. The Morgan fingerprint density at radius 2 is 1.93 bits per heavy atom. The summed E-state index contributed by atoms with van der Waals surface area (Å²) in [4.78, 5) is 10.8. The number of ether oxygens (including phenoxy) is 2. The number of carbonyl (C=O) groups excluding carboxylic acids is 1. The van der Waals surface area contributed by atoms with Crippen molar-refractivity contribution in [2.45, 2.75) is 20.0 Å². The Kier molecular flexibility index (Phi) is 4.84. The molecule has 3 nitrogen and oxygen atoms in total. The fraction of sp³-hybridized carbons (Fsp3) is 0.417. The second kappa shape index (κ2) is 6.19. The van der Waals surface area contributed by atoms with Gasteiger partial charge in [0.15, 0.2) is 5.78 Å². The molecule has 1 atom stereocenters. The third kappa shape index (κ3) is 4.61. The van der Waals surface area contributed by atoms with Gasteiger partial charge in [-0.2, -0.15) is 0 Å². The second-order valence-corrected chi connectivity index (χ2v) is 3.29. The molecule has 0 radical (unpaired) electrons. The molecule has 3 heteroatoms. The fourth-order valence-electron chi connectivity index (χ4n) is 1.02. The van der Waals surface area contributed by atoms with Crippen LogP contribution in [-0.4, -0.2) is 25.1 Å². The number of Topliss-reactive ketones (excluding diaryl/α,β-unsaturated/α-hetero) is 1. The van der Waals surface area contributed by atoms with E-state index in [0.29, 0.717) is 13.2 Å². The number of hydrogen-bond acceptors (Lipinski definition) is 3. The first-order chi connectivity index (χ1) is 7.20. The summed E-state index contributed by atoms with van der Waals surface area (Å²) < 4.78 is 10.7. The van der Waals surface area contributed by atoms with Gasteiger partial charge < -0.3 is 9.47 Å². The van der Waals surface area contributed by atoms with E-state index < -0.39 is 0 Å². The monoisotopic (exact) mass is 208 g/mol. The molecule has 0 aromatic heterocycles. The predicted molar refractivity (Wildman–Crippen MR) is 58.0 cm³/mol. The van der Waals surface area contributed by atoms with E-state index in [2.05, 4.69) is 0 Å². The smallest absolute Gasteiger partial charge is 0.158 e. The normalized spacial score (nSPS) is 12.1. The Hall–Kier alpha value is -1.35. The third-order valence-electron chi connectivity index (χ3n) is 2.04. The zero-order valence-corrected chi connectivity index (χ0v) is 9.10. The first-order valence-electron chi connectivity index (χ1n) is 5.00. The first kappa shape index (κ1) is 11.7. The molecule has 15 heavy (non-hydrogen) atoms. The molecule has 0 fully saturated rings. The maximum atomic E-state index is 10.8. The average molecular weight is 208 g/mol. The third-order valence-corrected chi connectivity index (χ3v) is 2.04. The molecule has 0 saturated carbocycles. The van der Waals surface area contributed by atoms with Gasteiger partial charge in [0, 0.05) is 0 Å². The van der Waals surface area contributed by atoms with Crippen molar-refractivity contribution in [3.63, 3.8) is 0 Å². The summed E-state index contributed by atoms with van der Waals surface area (Å²) in [7, 11) is 0. The Balaban J connectivity index is 2.15. The average Bonchev–Trinajstić information content (AvgIpc) is 2.25. The van der Waals surface area contributed by atoms with Gasteiger partial charge in [-0.3, -0.25) is 4.79 Å². The van der Waals surface area contributed by atoms with Crippen molar-refractivity contribution in [2.24, 2.45) is 0 Å². The molecular formula is C12H16O3. The molecule has 0 aliphatic rings. The van der Waals surface area contributed by atoms with Gasteiger partial charge in [0.05, 0.1) is 6.61 Å². The van der Waals surface area contributed by atoms with Gasteiger partial charge in [-0.1, -0.05) is 18.2 Å². The van der Waals surface area contributed by atoms with Crippen LogP contribution in [0.1, 0.15) is 13.8 Å². The number of ketones is 1. The molecule has 0 amide bonds. The van der Waals surface area contributed by atoms with Crippen LogP contribution in [0.15, 0.2) is 30.3 Å². The van der Waals surface area contributed by atoms with Gasteiger partial charge in [-0.05, 0) is 26.0 Å². The van der Waals surface area contributed by atoms with Gasteiger partial charge in [-0.15, -0.1) is 0 Å². The maximum Gasteiger partial charge on any atom is 0.158 e. The lowest BCUT2D eigenvalue weighted by atomic mass is 10.3. The minimum atomic E-state index is -0.343. The summed E-state index contributed by atoms with van der Waals surface area (Å²) >= 11 is 0. The van der Waals surface area contributed by atoms with Crippen LogP contribution in [0.5, 0.6) is 5.75 Å². The largest absolute Gasteiger partial charge is 0.491 e. The van der Waals surface area contributed by atoms with Crippen molar-refractivity contribution in [1.29, 1.82) is 0 Å². The Morgan fingerprint density at radius 1 is 1.27 bits per heavy atom. The highest BCUT2D eigenvalue weighted by atomic mass is 16.5. The van der Waals surface area contributed by atoms with E-state index in [0.717, 1.165) is 5.75 Å². The maximum absolute atomic E-state index is 10.8. The van der Waals surface area contributed by atoms with E-state index in [1.165, 1.54) is 6.92 Å². The fourth-order valence-corrected chi connectivity index (χ4v) is 1.02. The van der Waals surface area contributed by atoms with E-state index in [1.807, 2.05) is 30.3 Å². The zero-order chi connectivity index (χ0) is 11.1. The molecule has 0 saturated heterocycles. The van der Waals surface area contributed by atoms with E-state index in [1.54, 1.807) is 6.92 Å². The van der Waals surface area contributed by atoms with E-state index in [4.69, 9.17) is 9.47 Å². The van der Waals surface area contributed by atoms with Crippen LogP contribution in [0.4, 0.5) is 0 Å². The summed E-state index contributed by atoms with van der Waals surface area (Å²) in [5.74, 6) is 0.853. The molecule has 0 heterocycles. The molecule has 82 valence electrons. The number of benzene rings is 1. The van der Waals surface area contributed by atoms with Gasteiger partial charge in [-0.25, -0.2) is 0 Å². The van der Waals surface area contributed by atoms with Gasteiger partial charge in [0.25, 0.3) is 0 Å². The van der Waals surface area contributed by atoms with Crippen molar-refractivity contribution < 1.29 is 14.3 Å². The molecule has 0 spiro atoms. The molecule has 1 rings (SSSR count). The lowest BCUT2D eigenvalue weighted by Gasteiger charge is -2.10. The quantitative estimate of drug-likeness (QED) is 0.671. The van der Waals surface area contributed by atoms with Gasteiger partial charge >= 0.3 is 0 Å². The topological polar surface area (TPSA) is 35.5 Å². The second-order valence-electron chi connectivity index (χ2n) is 3.29. The van der Waals surface area contributed by atoms with Crippen molar-refractivity contribution >= 4 is 5.78 Å². The van der Waals surface area contributed by atoms with E-state index >= 15 is 0 Å². The van der Waals surface area contributed by atoms with Crippen LogP contribution >= 0.6 is 0 Å².